The van der Waals surface area contributed by atoms with Crippen molar-refractivity contribution in [1.29, 1.82) is 0 Å². The third kappa shape index (κ3) is 3.22. The van der Waals surface area contributed by atoms with Gasteiger partial charge in [0.05, 0.1) is 18.3 Å². The highest BCUT2D eigenvalue weighted by Crippen LogP contribution is 2.30. The third-order valence-corrected chi connectivity index (χ3v) is 4.37. The van der Waals surface area contributed by atoms with E-state index in [9.17, 15) is 0 Å². The van der Waals surface area contributed by atoms with Crippen LogP contribution in [0.3, 0.4) is 0 Å². The van der Waals surface area contributed by atoms with Crippen molar-refractivity contribution in [2.45, 2.75) is 33.7 Å². The third-order valence-electron chi connectivity index (χ3n) is 3.39. The molecule has 1 N–H and O–H groups in total. The Labute approximate surface area is 124 Å². The van der Waals surface area contributed by atoms with Crippen LogP contribution in [-0.2, 0) is 4.74 Å². The SMILES string of the molecule is COCCNc1nc(C)cn1C(C)c1cc(C)sc1C. The Bertz CT molecular complexity index is 574. The molecule has 2 aromatic heterocycles. The van der Waals surface area contributed by atoms with Gasteiger partial charge in [-0.05, 0) is 39.3 Å². The molecule has 0 amide bonds. The largest absolute Gasteiger partial charge is 0.383 e. The minimum absolute atomic E-state index is 0.284. The van der Waals surface area contributed by atoms with E-state index in [-0.39, 0.29) is 6.04 Å². The lowest BCUT2D eigenvalue weighted by molar-refractivity contribution is 0.210. The van der Waals surface area contributed by atoms with E-state index < -0.39 is 0 Å². The van der Waals surface area contributed by atoms with Crippen LogP contribution < -0.4 is 5.32 Å². The minimum atomic E-state index is 0.284. The van der Waals surface area contributed by atoms with Gasteiger partial charge in [0, 0.05) is 29.6 Å². The molecule has 0 aliphatic heterocycles. The molecule has 0 aliphatic rings. The van der Waals surface area contributed by atoms with Gasteiger partial charge >= 0.3 is 0 Å². The van der Waals surface area contributed by atoms with Gasteiger partial charge in [0.15, 0.2) is 0 Å². The van der Waals surface area contributed by atoms with Gasteiger partial charge in [-0.15, -0.1) is 11.3 Å². The summed E-state index contributed by atoms with van der Waals surface area (Å²) < 4.78 is 7.29. The van der Waals surface area contributed by atoms with Crippen molar-refractivity contribution >= 4 is 17.3 Å². The van der Waals surface area contributed by atoms with Crippen molar-refractivity contribution in [3.05, 3.63) is 33.3 Å². The fourth-order valence-corrected chi connectivity index (χ4v) is 3.44. The predicted molar refractivity (Wildman–Crippen MR) is 84.9 cm³/mol. The van der Waals surface area contributed by atoms with Gasteiger partial charge in [0.1, 0.15) is 0 Å². The lowest BCUT2D eigenvalue weighted by atomic mass is 10.1. The first kappa shape index (κ1) is 15.1. The molecule has 1 atom stereocenters. The number of methoxy groups -OCH3 is 1. The van der Waals surface area contributed by atoms with Crippen LogP contribution >= 0.6 is 11.3 Å². The molecule has 0 spiro atoms. The number of hydrogen-bond donors (Lipinski definition) is 1. The van der Waals surface area contributed by atoms with Crippen molar-refractivity contribution in [2.24, 2.45) is 0 Å². The molecule has 2 aromatic rings. The average Bonchev–Trinajstić information content (AvgIpc) is 2.92. The van der Waals surface area contributed by atoms with Gasteiger partial charge in [-0.1, -0.05) is 0 Å². The van der Waals surface area contributed by atoms with Crippen LogP contribution in [0.2, 0.25) is 0 Å². The Morgan fingerprint density at radius 3 is 2.75 bits per heavy atom. The fraction of sp³-hybridized carbons (Fsp3) is 0.533. The zero-order chi connectivity index (χ0) is 14.7. The van der Waals surface area contributed by atoms with Crippen molar-refractivity contribution in [1.82, 2.24) is 9.55 Å². The van der Waals surface area contributed by atoms with Crippen molar-refractivity contribution in [3.63, 3.8) is 0 Å². The zero-order valence-corrected chi connectivity index (χ0v) is 13.7. The van der Waals surface area contributed by atoms with E-state index in [2.05, 4.69) is 47.9 Å². The van der Waals surface area contributed by atoms with E-state index in [1.54, 1.807) is 7.11 Å². The number of anilines is 1. The summed E-state index contributed by atoms with van der Waals surface area (Å²) in [5.41, 5.74) is 2.40. The van der Waals surface area contributed by atoms with Crippen LogP contribution in [0.5, 0.6) is 0 Å². The Kier molecular flexibility index (Phi) is 4.83. The molecule has 0 radical (unpaired) electrons. The van der Waals surface area contributed by atoms with Crippen LogP contribution in [0.4, 0.5) is 5.95 Å². The normalized spacial score (nSPS) is 12.7. The van der Waals surface area contributed by atoms with Crippen molar-refractivity contribution in [2.75, 3.05) is 25.6 Å². The molecule has 2 rings (SSSR count). The highest BCUT2D eigenvalue weighted by molar-refractivity contribution is 7.12. The average molecular weight is 293 g/mol. The number of ether oxygens (including phenoxy) is 1. The summed E-state index contributed by atoms with van der Waals surface area (Å²) >= 11 is 1.85. The summed E-state index contributed by atoms with van der Waals surface area (Å²) in [5, 5.41) is 3.34. The molecule has 0 saturated carbocycles. The number of rotatable bonds is 6. The molecule has 2 heterocycles. The van der Waals surface area contributed by atoms with E-state index >= 15 is 0 Å². The van der Waals surface area contributed by atoms with Gasteiger partial charge in [0.2, 0.25) is 5.95 Å². The van der Waals surface area contributed by atoms with E-state index in [1.165, 1.54) is 15.3 Å². The molecular weight excluding hydrogens is 270 g/mol. The number of imidazole rings is 1. The topological polar surface area (TPSA) is 39.1 Å². The van der Waals surface area contributed by atoms with Gasteiger partial charge < -0.3 is 14.6 Å². The predicted octanol–water partition coefficient (Wildman–Crippen LogP) is 3.54. The number of aromatic nitrogens is 2. The Balaban J connectivity index is 2.25. The maximum absolute atomic E-state index is 5.08. The molecule has 0 aromatic carbocycles. The molecule has 0 fully saturated rings. The van der Waals surface area contributed by atoms with Crippen molar-refractivity contribution < 1.29 is 4.74 Å². The standard InChI is InChI=1S/C15H23N3OS/c1-10-9-18(15(17-10)16-6-7-19-5)12(3)14-8-11(2)20-13(14)4/h8-9,12H,6-7H2,1-5H3,(H,16,17). The number of hydrogen-bond acceptors (Lipinski definition) is 4. The second-order valence-electron chi connectivity index (χ2n) is 5.08. The summed E-state index contributed by atoms with van der Waals surface area (Å²) in [6, 6.07) is 2.56. The Morgan fingerprint density at radius 1 is 1.40 bits per heavy atom. The summed E-state index contributed by atoms with van der Waals surface area (Å²) in [7, 11) is 1.71. The number of nitrogens with one attached hydrogen (secondary N) is 1. The van der Waals surface area contributed by atoms with Crippen LogP contribution in [0.25, 0.3) is 0 Å². The highest BCUT2D eigenvalue weighted by Gasteiger charge is 2.16. The smallest absolute Gasteiger partial charge is 0.203 e. The molecule has 110 valence electrons. The van der Waals surface area contributed by atoms with Crippen molar-refractivity contribution in [3.8, 4) is 0 Å². The summed E-state index contributed by atoms with van der Waals surface area (Å²) in [6.07, 6.45) is 2.10. The molecule has 5 heteroatoms. The van der Waals surface area contributed by atoms with E-state index in [1.807, 2.05) is 18.3 Å². The quantitative estimate of drug-likeness (QED) is 0.828. The number of thiophene rings is 1. The fourth-order valence-electron chi connectivity index (χ4n) is 2.42. The van der Waals surface area contributed by atoms with Gasteiger partial charge in [-0.2, -0.15) is 0 Å². The van der Waals surface area contributed by atoms with Gasteiger partial charge in [-0.25, -0.2) is 4.98 Å². The minimum Gasteiger partial charge on any atom is -0.383 e. The maximum Gasteiger partial charge on any atom is 0.203 e. The summed E-state index contributed by atoms with van der Waals surface area (Å²) in [4.78, 5) is 7.30. The van der Waals surface area contributed by atoms with E-state index in [0.717, 1.165) is 18.2 Å². The summed E-state index contributed by atoms with van der Waals surface area (Å²) in [5.74, 6) is 0.912. The number of aryl methyl sites for hydroxylation is 3. The molecule has 20 heavy (non-hydrogen) atoms. The lowest BCUT2D eigenvalue weighted by Crippen LogP contribution is -2.15. The maximum atomic E-state index is 5.08. The van der Waals surface area contributed by atoms with Gasteiger partial charge in [0.25, 0.3) is 0 Å². The van der Waals surface area contributed by atoms with Gasteiger partial charge in [-0.3, -0.25) is 0 Å². The first-order valence-electron chi connectivity index (χ1n) is 6.88. The first-order valence-corrected chi connectivity index (χ1v) is 7.69. The first-order chi connectivity index (χ1) is 9.52. The molecule has 1 unspecified atom stereocenters. The number of nitrogens with zero attached hydrogens (tertiary/aromatic N) is 2. The van der Waals surface area contributed by atoms with E-state index in [4.69, 9.17) is 4.74 Å². The van der Waals surface area contributed by atoms with Crippen LogP contribution in [0.15, 0.2) is 12.3 Å². The summed E-state index contributed by atoms with van der Waals surface area (Å²) in [6.45, 7) is 10.0. The van der Waals surface area contributed by atoms with Crippen LogP contribution in [0.1, 0.15) is 34.0 Å². The molecule has 0 aliphatic carbocycles. The monoisotopic (exact) mass is 293 g/mol. The lowest BCUT2D eigenvalue weighted by Gasteiger charge is -2.17. The highest BCUT2D eigenvalue weighted by atomic mass is 32.1. The molecule has 4 nitrogen and oxygen atoms in total. The van der Waals surface area contributed by atoms with Crippen LogP contribution in [-0.4, -0.2) is 29.8 Å². The Hall–Kier alpha value is -1.33. The molecule has 0 bridgehead atoms. The molecule has 0 saturated heterocycles. The van der Waals surface area contributed by atoms with E-state index in [0.29, 0.717) is 6.61 Å². The second-order valence-corrected chi connectivity index (χ2v) is 6.54. The second kappa shape index (κ2) is 6.41. The zero-order valence-electron chi connectivity index (χ0n) is 12.9. The molecular formula is C15H23N3OS. The van der Waals surface area contributed by atoms with Crippen LogP contribution in [0, 0.1) is 20.8 Å². The Morgan fingerprint density at radius 2 is 2.15 bits per heavy atom.